The number of carboxylic acid groups (broad SMARTS) is 1. The normalized spacial score (nSPS) is 13.6. The molecule has 0 bridgehead atoms. The van der Waals surface area contributed by atoms with Crippen LogP contribution >= 0.6 is 0 Å². The highest BCUT2D eigenvalue weighted by Crippen LogP contribution is 2.23. The molecule has 0 aliphatic heterocycles. The van der Waals surface area contributed by atoms with Crippen LogP contribution in [-0.4, -0.2) is 21.2 Å². The number of hydrogen-bond donors (Lipinski definition) is 2. The molecule has 2 N–H and O–H groups in total. The van der Waals surface area contributed by atoms with E-state index < -0.39 is 11.6 Å². The molecule has 2 rings (SSSR count). The van der Waals surface area contributed by atoms with Crippen LogP contribution in [0.4, 0.5) is 0 Å². The largest absolute Gasteiger partial charge is 0.479 e. The average Bonchev–Trinajstić information content (AvgIpc) is 2.40. The van der Waals surface area contributed by atoms with E-state index in [0.717, 1.165) is 0 Å². The van der Waals surface area contributed by atoms with Gasteiger partial charge in [0.15, 0.2) is 5.60 Å². The second-order valence-corrected chi connectivity index (χ2v) is 4.18. The molecule has 1 aromatic carbocycles. The van der Waals surface area contributed by atoms with Crippen LogP contribution < -0.4 is 4.74 Å². The van der Waals surface area contributed by atoms with Crippen LogP contribution in [0.5, 0.6) is 11.6 Å². The fraction of sp³-hybridized carbons (Fsp3) is 0.143. The molecule has 98 valence electrons. The quantitative estimate of drug-likeness (QED) is 0.879. The molecule has 19 heavy (non-hydrogen) atoms. The van der Waals surface area contributed by atoms with E-state index in [-0.39, 0.29) is 5.56 Å². The second kappa shape index (κ2) is 5.07. The monoisotopic (exact) mass is 259 g/mol. The lowest BCUT2D eigenvalue weighted by atomic mass is 9.98. The minimum absolute atomic E-state index is 0.195. The zero-order chi connectivity index (χ0) is 13.9. The lowest BCUT2D eigenvalue weighted by molar-refractivity contribution is -0.157. The van der Waals surface area contributed by atoms with Crippen molar-refractivity contribution in [1.29, 1.82) is 0 Å². The Bertz CT molecular complexity index is 564. The topological polar surface area (TPSA) is 79.7 Å². The minimum Gasteiger partial charge on any atom is -0.479 e. The summed E-state index contributed by atoms with van der Waals surface area (Å²) in [5.74, 6) is -0.366. The number of aliphatic carboxylic acids is 1. The Labute approximate surface area is 110 Å². The lowest BCUT2D eigenvalue weighted by Gasteiger charge is -2.17. The number of pyridine rings is 1. The average molecular weight is 259 g/mol. The molecule has 0 aliphatic carbocycles. The van der Waals surface area contributed by atoms with Crippen molar-refractivity contribution in [3.63, 3.8) is 0 Å². The molecule has 0 amide bonds. The number of rotatable bonds is 4. The van der Waals surface area contributed by atoms with Crippen molar-refractivity contribution in [3.8, 4) is 11.6 Å². The van der Waals surface area contributed by atoms with Crippen molar-refractivity contribution < 1.29 is 19.7 Å². The molecule has 1 atom stereocenters. The zero-order valence-electron chi connectivity index (χ0n) is 10.3. The first-order chi connectivity index (χ1) is 9.00. The zero-order valence-corrected chi connectivity index (χ0v) is 10.3. The number of aromatic nitrogens is 1. The summed E-state index contributed by atoms with van der Waals surface area (Å²) in [7, 11) is 0. The van der Waals surface area contributed by atoms with Gasteiger partial charge in [-0.15, -0.1) is 0 Å². The first-order valence-electron chi connectivity index (χ1n) is 5.65. The minimum atomic E-state index is -1.96. The Kier molecular flexibility index (Phi) is 3.48. The third-order valence-corrected chi connectivity index (χ3v) is 2.68. The highest BCUT2D eigenvalue weighted by Gasteiger charge is 2.32. The van der Waals surface area contributed by atoms with Crippen LogP contribution in [0.2, 0.25) is 0 Å². The molecule has 1 unspecified atom stereocenters. The van der Waals surface area contributed by atoms with E-state index in [2.05, 4.69) is 4.98 Å². The third-order valence-electron chi connectivity index (χ3n) is 2.68. The summed E-state index contributed by atoms with van der Waals surface area (Å²) in [6, 6.07) is 12.1. The van der Waals surface area contributed by atoms with Gasteiger partial charge in [0.25, 0.3) is 0 Å². The van der Waals surface area contributed by atoms with Crippen LogP contribution in [-0.2, 0) is 10.4 Å². The van der Waals surface area contributed by atoms with Gasteiger partial charge in [0, 0.05) is 17.8 Å². The van der Waals surface area contributed by atoms with Gasteiger partial charge in [-0.2, -0.15) is 0 Å². The molecule has 5 nitrogen and oxygen atoms in total. The van der Waals surface area contributed by atoms with Crippen molar-refractivity contribution >= 4 is 5.97 Å². The summed E-state index contributed by atoms with van der Waals surface area (Å²) < 4.78 is 5.47. The van der Waals surface area contributed by atoms with Gasteiger partial charge < -0.3 is 14.9 Å². The summed E-state index contributed by atoms with van der Waals surface area (Å²) in [5, 5.41) is 18.7. The molecule has 5 heteroatoms. The van der Waals surface area contributed by atoms with E-state index in [4.69, 9.17) is 9.84 Å². The SMILES string of the molecule is CC(O)(C(=O)O)c1ccc(Oc2ccccc2)nc1. The molecule has 1 aromatic heterocycles. The van der Waals surface area contributed by atoms with Gasteiger partial charge in [-0.1, -0.05) is 18.2 Å². The van der Waals surface area contributed by atoms with Gasteiger partial charge in [0.2, 0.25) is 5.88 Å². The van der Waals surface area contributed by atoms with Gasteiger partial charge >= 0.3 is 5.97 Å². The summed E-state index contributed by atoms with van der Waals surface area (Å²) in [4.78, 5) is 14.9. The predicted octanol–water partition coefficient (Wildman–Crippen LogP) is 2.17. The first-order valence-corrected chi connectivity index (χ1v) is 5.65. The van der Waals surface area contributed by atoms with Crippen LogP contribution in [0, 0.1) is 0 Å². The van der Waals surface area contributed by atoms with Crippen molar-refractivity contribution in [2.75, 3.05) is 0 Å². The summed E-state index contributed by atoms with van der Waals surface area (Å²) >= 11 is 0. The number of ether oxygens (including phenoxy) is 1. The smallest absolute Gasteiger partial charge is 0.340 e. The highest BCUT2D eigenvalue weighted by atomic mass is 16.5. The van der Waals surface area contributed by atoms with E-state index in [1.165, 1.54) is 25.3 Å². The van der Waals surface area contributed by atoms with Gasteiger partial charge in [-0.3, -0.25) is 0 Å². The van der Waals surface area contributed by atoms with Crippen molar-refractivity contribution in [2.24, 2.45) is 0 Å². The molecule has 0 aliphatic rings. The van der Waals surface area contributed by atoms with Crippen molar-refractivity contribution in [2.45, 2.75) is 12.5 Å². The lowest BCUT2D eigenvalue weighted by Crippen LogP contribution is -2.31. The van der Waals surface area contributed by atoms with Crippen LogP contribution in [0.15, 0.2) is 48.7 Å². The Morgan fingerprint density at radius 2 is 1.89 bits per heavy atom. The number of aliphatic hydroxyl groups is 1. The number of hydrogen-bond acceptors (Lipinski definition) is 4. The van der Waals surface area contributed by atoms with Gasteiger partial charge in [-0.05, 0) is 25.1 Å². The van der Waals surface area contributed by atoms with Gasteiger partial charge in [-0.25, -0.2) is 9.78 Å². The van der Waals surface area contributed by atoms with E-state index >= 15 is 0 Å². The Hall–Kier alpha value is -2.40. The third kappa shape index (κ3) is 2.89. The fourth-order valence-corrected chi connectivity index (χ4v) is 1.46. The number of carbonyl (C=O) groups is 1. The van der Waals surface area contributed by atoms with Crippen LogP contribution in [0.3, 0.4) is 0 Å². The second-order valence-electron chi connectivity index (χ2n) is 4.18. The molecule has 0 fully saturated rings. The summed E-state index contributed by atoms with van der Waals surface area (Å²) in [5.41, 5.74) is -1.77. The standard InChI is InChI=1S/C14H13NO4/c1-14(18,13(16)17)10-7-8-12(15-9-10)19-11-5-3-2-4-6-11/h2-9,18H,1H3,(H,16,17). The van der Waals surface area contributed by atoms with Crippen LogP contribution in [0.25, 0.3) is 0 Å². The molecular formula is C14H13NO4. The summed E-state index contributed by atoms with van der Waals surface area (Å²) in [6.45, 7) is 1.20. The van der Waals surface area contributed by atoms with Crippen molar-refractivity contribution in [1.82, 2.24) is 4.98 Å². The van der Waals surface area contributed by atoms with E-state index in [1.807, 2.05) is 18.2 Å². The number of carboxylic acids is 1. The molecule has 0 radical (unpaired) electrons. The molecule has 0 saturated carbocycles. The molecule has 2 aromatic rings. The Morgan fingerprint density at radius 3 is 2.42 bits per heavy atom. The number of nitrogens with zero attached hydrogens (tertiary/aromatic N) is 1. The highest BCUT2D eigenvalue weighted by molar-refractivity contribution is 5.78. The van der Waals surface area contributed by atoms with Crippen molar-refractivity contribution in [3.05, 3.63) is 54.2 Å². The van der Waals surface area contributed by atoms with Gasteiger partial charge in [0.1, 0.15) is 5.75 Å². The predicted molar refractivity (Wildman–Crippen MR) is 68.0 cm³/mol. The summed E-state index contributed by atoms with van der Waals surface area (Å²) in [6.07, 6.45) is 1.28. The first kappa shape index (κ1) is 13.0. The molecule has 1 heterocycles. The van der Waals surface area contributed by atoms with Crippen LogP contribution in [0.1, 0.15) is 12.5 Å². The van der Waals surface area contributed by atoms with E-state index in [0.29, 0.717) is 11.6 Å². The molecule has 0 spiro atoms. The number of para-hydroxylation sites is 1. The molecule has 0 saturated heterocycles. The Morgan fingerprint density at radius 1 is 1.21 bits per heavy atom. The Balaban J connectivity index is 2.18. The maximum Gasteiger partial charge on any atom is 0.340 e. The van der Waals surface area contributed by atoms with E-state index in [1.54, 1.807) is 12.1 Å². The fourth-order valence-electron chi connectivity index (χ4n) is 1.46. The maximum atomic E-state index is 10.9. The molecular weight excluding hydrogens is 246 g/mol. The maximum absolute atomic E-state index is 10.9. The number of benzene rings is 1. The van der Waals surface area contributed by atoms with Gasteiger partial charge in [0.05, 0.1) is 0 Å². The van der Waals surface area contributed by atoms with E-state index in [9.17, 15) is 9.90 Å².